The van der Waals surface area contributed by atoms with Crippen molar-refractivity contribution >= 4 is 17.8 Å². The van der Waals surface area contributed by atoms with Crippen LogP contribution in [0.3, 0.4) is 0 Å². The van der Waals surface area contributed by atoms with Crippen molar-refractivity contribution in [3.05, 3.63) is 10.4 Å². The predicted molar refractivity (Wildman–Crippen MR) is 85.3 cm³/mol. The summed E-state index contributed by atoms with van der Waals surface area (Å²) in [6.45, 7) is 0.226. The monoisotopic (exact) mass is 354 g/mol. The van der Waals surface area contributed by atoms with Crippen molar-refractivity contribution in [2.24, 2.45) is 15.3 Å². The van der Waals surface area contributed by atoms with E-state index in [9.17, 15) is 14.4 Å². The maximum absolute atomic E-state index is 11.6. The average Bonchev–Trinajstić information content (AvgIpc) is 3.39. The first-order valence-corrected chi connectivity index (χ1v) is 7.98. The number of hydrogen-bond donors (Lipinski definition) is 1. The minimum atomic E-state index is -1.00. The van der Waals surface area contributed by atoms with Gasteiger partial charge in [-0.1, -0.05) is 11.5 Å². The molecule has 11 nitrogen and oxygen atoms in total. The van der Waals surface area contributed by atoms with E-state index in [1.165, 1.54) is 7.05 Å². The van der Waals surface area contributed by atoms with Crippen molar-refractivity contribution in [1.82, 2.24) is 5.32 Å². The molecular weight excluding hydrogens is 332 g/mol. The number of amides is 1. The largest absolute Gasteiger partial charge is 0.461 e. The summed E-state index contributed by atoms with van der Waals surface area (Å²) in [5, 5.41) is 13.3. The lowest BCUT2D eigenvalue weighted by molar-refractivity contribution is -0.149. The predicted octanol–water partition coefficient (Wildman–Crippen LogP) is 1.63. The van der Waals surface area contributed by atoms with Crippen LogP contribution in [0, 0.1) is 0 Å². The number of carbonyl (C=O) groups is 3. The smallest absolute Gasteiger partial charge is 0.306 e. The number of unbranched alkanes of at least 4 members (excludes halogenated alkanes) is 2. The van der Waals surface area contributed by atoms with Gasteiger partial charge >= 0.3 is 11.9 Å². The number of hydrogen-bond acceptors (Lipinski definition) is 8. The zero-order valence-corrected chi connectivity index (χ0v) is 14.1. The van der Waals surface area contributed by atoms with Crippen LogP contribution in [0.1, 0.15) is 38.5 Å². The number of ether oxygens (including phenoxy) is 2. The van der Waals surface area contributed by atoms with Gasteiger partial charge in [0.2, 0.25) is 5.91 Å². The Kier molecular flexibility index (Phi) is 8.94. The lowest BCUT2D eigenvalue weighted by Crippen LogP contribution is -2.29. The van der Waals surface area contributed by atoms with Gasteiger partial charge in [-0.3, -0.25) is 14.4 Å². The van der Waals surface area contributed by atoms with Gasteiger partial charge in [0.05, 0.1) is 6.42 Å². The zero-order valence-electron chi connectivity index (χ0n) is 14.1. The molecule has 0 saturated heterocycles. The fourth-order valence-corrected chi connectivity index (χ4v) is 1.78. The summed E-state index contributed by atoms with van der Waals surface area (Å²) in [5.74, 6) is -1.17. The van der Waals surface area contributed by atoms with Gasteiger partial charge < -0.3 is 14.8 Å². The van der Waals surface area contributed by atoms with E-state index < -0.39 is 11.6 Å². The van der Waals surface area contributed by atoms with Crippen LogP contribution in [0.4, 0.5) is 0 Å². The van der Waals surface area contributed by atoms with E-state index in [4.69, 9.17) is 15.0 Å². The summed E-state index contributed by atoms with van der Waals surface area (Å²) in [6.07, 6.45) is 2.37. The third kappa shape index (κ3) is 9.26. The van der Waals surface area contributed by atoms with E-state index in [0.717, 1.165) is 12.8 Å². The highest BCUT2D eigenvalue weighted by Gasteiger charge is 2.43. The van der Waals surface area contributed by atoms with Gasteiger partial charge in [-0.05, 0) is 18.4 Å². The summed E-state index contributed by atoms with van der Waals surface area (Å²) < 4.78 is 10.1. The Hall–Kier alpha value is -2.68. The Bertz CT molecular complexity index is 552. The van der Waals surface area contributed by atoms with Crippen LogP contribution in [0.5, 0.6) is 0 Å². The SMILES string of the molecule is CNC(=O)CCC(=O)OCC1(COC(=O)CCCCCN=[N+]=[N-])N=N1. The third-order valence-electron chi connectivity index (χ3n) is 3.35. The van der Waals surface area contributed by atoms with Gasteiger partial charge in [0.25, 0.3) is 5.66 Å². The van der Waals surface area contributed by atoms with Gasteiger partial charge in [-0.2, -0.15) is 10.2 Å². The van der Waals surface area contributed by atoms with E-state index >= 15 is 0 Å². The molecule has 0 fully saturated rings. The molecule has 1 heterocycles. The molecule has 0 radical (unpaired) electrons. The van der Waals surface area contributed by atoms with E-state index in [1.54, 1.807) is 0 Å². The van der Waals surface area contributed by atoms with E-state index in [-0.39, 0.29) is 44.4 Å². The molecule has 138 valence electrons. The lowest BCUT2D eigenvalue weighted by atomic mass is 10.2. The molecule has 0 aliphatic carbocycles. The number of azide groups is 1. The van der Waals surface area contributed by atoms with Gasteiger partial charge in [0, 0.05) is 31.3 Å². The maximum atomic E-state index is 11.6. The van der Waals surface area contributed by atoms with Crippen molar-refractivity contribution in [2.75, 3.05) is 26.8 Å². The minimum Gasteiger partial charge on any atom is -0.461 e. The number of nitrogens with one attached hydrogen (secondary N) is 1. The van der Waals surface area contributed by atoms with Crippen LogP contribution in [0.15, 0.2) is 15.3 Å². The Morgan fingerprint density at radius 3 is 2.24 bits per heavy atom. The molecule has 25 heavy (non-hydrogen) atoms. The summed E-state index contributed by atoms with van der Waals surface area (Å²) in [7, 11) is 1.49. The summed E-state index contributed by atoms with van der Waals surface area (Å²) in [5.41, 5.74) is 7.12. The van der Waals surface area contributed by atoms with Crippen molar-refractivity contribution in [3.63, 3.8) is 0 Å². The number of esters is 2. The van der Waals surface area contributed by atoms with Crippen molar-refractivity contribution in [2.45, 2.75) is 44.2 Å². The first kappa shape index (κ1) is 20.4. The molecule has 1 amide bonds. The first-order chi connectivity index (χ1) is 12.0. The second-order valence-electron chi connectivity index (χ2n) is 5.44. The van der Waals surface area contributed by atoms with Crippen LogP contribution in [0.2, 0.25) is 0 Å². The van der Waals surface area contributed by atoms with Gasteiger partial charge in [-0.25, -0.2) is 0 Å². The van der Waals surface area contributed by atoms with Crippen molar-refractivity contribution in [1.29, 1.82) is 0 Å². The Morgan fingerprint density at radius 1 is 1.04 bits per heavy atom. The molecule has 0 atom stereocenters. The fraction of sp³-hybridized carbons (Fsp3) is 0.786. The fourth-order valence-electron chi connectivity index (χ4n) is 1.78. The molecule has 11 heteroatoms. The van der Waals surface area contributed by atoms with Gasteiger partial charge in [0.1, 0.15) is 13.2 Å². The first-order valence-electron chi connectivity index (χ1n) is 7.98. The second-order valence-corrected chi connectivity index (χ2v) is 5.44. The molecule has 1 aliphatic heterocycles. The van der Waals surface area contributed by atoms with Crippen LogP contribution >= 0.6 is 0 Å². The summed E-state index contributed by atoms with van der Waals surface area (Å²) >= 11 is 0. The molecule has 0 aromatic carbocycles. The molecule has 0 unspecified atom stereocenters. The molecule has 0 spiro atoms. The Balaban J connectivity index is 2.11. The standard InChI is InChI=1S/C14H22N6O5/c1-16-11(21)6-7-13(23)25-10-14(18-19-14)9-24-12(22)5-3-2-4-8-17-20-15/h2-10H2,1H3,(H,16,21). The number of nitrogens with zero attached hydrogens (tertiary/aromatic N) is 5. The summed E-state index contributed by atoms with van der Waals surface area (Å²) in [6, 6.07) is 0. The van der Waals surface area contributed by atoms with Gasteiger partial charge in [0.15, 0.2) is 0 Å². The quantitative estimate of drug-likeness (QED) is 0.175. The van der Waals surface area contributed by atoms with Crippen molar-refractivity contribution < 1.29 is 23.9 Å². The topological polar surface area (TPSA) is 155 Å². The highest BCUT2D eigenvalue weighted by molar-refractivity contribution is 5.81. The van der Waals surface area contributed by atoms with E-state index in [2.05, 4.69) is 25.6 Å². The summed E-state index contributed by atoms with van der Waals surface area (Å²) in [4.78, 5) is 36.8. The minimum absolute atomic E-state index is 0.0363. The molecule has 0 aromatic heterocycles. The molecule has 0 aromatic rings. The Labute approximate surface area is 144 Å². The average molecular weight is 354 g/mol. The number of rotatable bonds is 13. The molecule has 0 saturated carbocycles. The second kappa shape index (κ2) is 11.0. The van der Waals surface area contributed by atoms with Gasteiger partial charge in [-0.15, -0.1) is 0 Å². The molecule has 0 bridgehead atoms. The van der Waals surface area contributed by atoms with Crippen LogP contribution < -0.4 is 5.32 Å². The molecule has 1 aliphatic rings. The number of carbonyl (C=O) groups excluding carboxylic acids is 3. The highest BCUT2D eigenvalue weighted by Crippen LogP contribution is 2.29. The molecular formula is C14H22N6O5. The maximum Gasteiger partial charge on any atom is 0.306 e. The highest BCUT2D eigenvalue weighted by atomic mass is 16.6. The Morgan fingerprint density at radius 2 is 1.68 bits per heavy atom. The zero-order chi connectivity index (χ0) is 18.5. The lowest BCUT2D eigenvalue weighted by Gasteiger charge is -2.12. The molecule has 1 rings (SSSR count). The van der Waals surface area contributed by atoms with E-state index in [1.807, 2.05) is 0 Å². The van der Waals surface area contributed by atoms with Crippen molar-refractivity contribution in [3.8, 4) is 0 Å². The van der Waals surface area contributed by atoms with E-state index in [0.29, 0.717) is 13.0 Å². The third-order valence-corrected chi connectivity index (χ3v) is 3.35. The van der Waals surface area contributed by atoms with Crippen LogP contribution in [0.25, 0.3) is 10.4 Å². The van der Waals surface area contributed by atoms with Crippen LogP contribution in [-0.4, -0.2) is 50.3 Å². The van der Waals surface area contributed by atoms with Crippen LogP contribution in [-0.2, 0) is 23.9 Å². The molecule has 1 N–H and O–H groups in total. The normalized spacial score (nSPS) is 13.5.